The van der Waals surface area contributed by atoms with Crippen molar-refractivity contribution in [2.24, 2.45) is 0 Å². The van der Waals surface area contributed by atoms with Crippen LogP contribution in [-0.2, 0) is 4.79 Å². The van der Waals surface area contributed by atoms with E-state index in [-0.39, 0.29) is 23.1 Å². The molecule has 0 spiro atoms. The third-order valence-corrected chi connectivity index (χ3v) is 4.30. The Balaban J connectivity index is 2.05. The fourth-order valence-electron chi connectivity index (χ4n) is 2.97. The van der Waals surface area contributed by atoms with Gasteiger partial charge in [0, 0.05) is 38.3 Å². The zero-order valence-corrected chi connectivity index (χ0v) is 14.0. The van der Waals surface area contributed by atoms with E-state index >= 15 is 0 Å². The lowest BCUT2D eigenvalue weighted by Crippen LogP contribution is -2.45. The maximum absolute atomic E-state index is 12.5. The van der Waals surface area contributed by atoms with E-state index in [2.05, 4.69) is 17.3 Å². The van der Waals surface area contributed by atoms with Crippen LogP contribution in [0.1, 0.15) is 36.5 Å². The molecule has 0 bridgehead atoms. The summed E-state index contributed by atoms with van der Waals surface area (Å²) in [5.74, 6) is -0.554. The lowest BCUT2D eigenvalue weighted by atomic mass is 10.0. The monoisotopic (exact) mass is 319 g/mol. The van der Waals surface area contributed by atoms with E-state index < -0.39 is 0 Å². The van der Waals surface area contributed by atoms with Gasteiger partial charge in [0.1, 0.15) is 5.75 Å². The van der Waals surface area contributed by atoms with Crippen LogP contribution in [-0.4, -0.2) is 59.9 Å². The Bertz CT molecular complexity index is 588. The number of phenolic OH excluding ortho intramolecular Hbond substituents is 1. The highest BCUT2D eigenvalue weighted by molar-refractivity contribution is 5.98. The van der Waals surface area contributed by atoms with Crippen LogP contribution in [0.4, 0.5) is 5.69 Å². The van der Waals surface area contributed by atoms with Gasteiger partial charge in [-0.25, -0.2) is 0 Å². The van der Waals surface area contributed by atoms with E-state index in [1.807, 2.05) is 0 Å². The largest absolute Gasteiger partial charge is 0.507 e. The predicted molar refractivity (Wildman–Crippen MR) is 89.6 cm³/mol. The van der Waals surface area contributed by atoms with Crippen molar-refractivity contribution >= 4 is 17.5 Å². The van der Waals surface area contributed by atoms with E-state index in [1.54, 1.807) is 24.1 Å². The Morgan fingerprint density at radius 3 is 2.74 bits per heavy atom. The second kappa shape index (κ2) is 7.46. The number of phenols is 1. The number of likely N-dealkylation sites (N-methyl/N-ethyl adjacent to an activating group) is 2. The molecule has 1 atom stereocenters. The number of likely N-dealkylation sites (tertiary alicyclic amines) is 1. The maximum Gasteiger partial charge on any atom is 0.257 e. The van der Waals surface area contributed by atoms with Crippen molar-refractivity contribution in [3.8, 4) is 5.75 Å². The van der Waals surface area contributed by atoms with Crippen molar-refractivity contribution in [1.29, 1.82) is 0 Å². The number of nitrogens with one attached hydrogen (secondary N) is 1. The molecule has 1 aromatic carbocycles. The van der Waals surface area contributed by atoms with Crippen LogP contribution in [0, 0.1) is 0 Å². The van der Waals surface area contributed by atoms with Crippen molar-refractivity contribution in [3.05, 3.63) is 23.8 Å². The molecule has 1 aliphatic rings. The minimum Gasteiger partial charge on any atom is -0.507 e. The van der Waals surface area contributed by atoms with Gasteiger partial charge in [0.25, 0.3) is 5.91 Å². The molecule has 1 aliphatic heterocycles. The number of hydrogen-bond acceptors (Lipinski definition) is 4. The van der Waals surface area contributed by atoms with Crippen LogP contribution in [0.15, 0.2) is 18.2 Å². The number of rotatable bonds is 4. The minimum atomic E-state index is -0.221. The quantitative estimate of drug-likeness (QED) is 0.889. The second-order valence-corrected chi connectivity index (χ2v) is 6.23. The molecule has 2 amide bonds. The molecular weight excluding hydrogens is 294 g/mol. The molecule has 23 heavy (non-hydrogen) atoms. The van der Waals surface area contributed by atoms with Gasteiger partial charge in [-0.2, -0.15) is 0 Å². The first-order valence-electron chi connectivity index (χ1n) is 7.95. The van der Waals surface area contributed by atoms with Crippen molar-refractivity contribution in [3.63, 3.8) is 0 Å². The van der Waals surface area contributed by atoms with Crippen molar-refractivity contribution < 1.29 is 14.7 Å². The molecule has 0 aromatic heterocycles. The average Bonchev–Trinajstić information content (AvgIpc) is 2.48. The fraction of sp³-hybridized carbons (Fsp3) is 0.529. The number of aromatic hydroxyl groups is 1. The number of carbonyl (C=O) groups excluding carboxylic acids is 2. The highest BCUT2D eigenvalue weighted by Gasteiger charge is 2.24. The molecule has 6 nitrogen and oxygen atoms in total. The number of amides is 2. The average molecular weight is 319 g/mol. The number of nitrogens with zero attached hydrogens (tertiary/aromatic N) is 2. The van der Waals surface area contributed by atoms with Gasteiger partial charge in [0.05, 0.1) is 5.56 Å². The van der Waals surface area contributed by atoms with Crippen LogP contribution >= 0.6 is 0 Å². The smallest absolute Gasteiger partial charge is 0.257 e. The van der Waals surface area contributed by atoms with Crippen molar-refractivity contribution in [2.75, 3.05) is 32.5 Å². The summed E-state index contributed by atoms with van der Waals surface area (Å²) in [4.78, 5) is 27.5. The standard InChI is InChI=1S/C17H25N3O3/c1-12(21)18-13-7-8-15(16(22)10-13)17(23)20(3)11-14-6-4-5-9-19(14)2/h7-8,10,14,22H,4-6,9,11H2,1-3H3,(H,18,21)/t14-/m1/s1. The van der Waals surface area contributed by atoms with Gasteiger partial charge in [-0.1, -0.05) is 6.42 Å². The molecule has 1 fully saturated rings. The molecule has 1 aromatic rings. The summed E-state index contributed by atoms with van der Waals surface area (Å²) in [6, 6.07) is 4.92. The SMILES string of the molecule is CC(=O)Nc1ccc(C(=O)N(C)C[C@H]2CCCCN2C)c(O)c1. The van der Waals surface area contributed by atoms with Gasteiger partial charge in [-0.15, -0.1) is 0 Å². The zero-order valence-electron chi connectivity index (χ0n) is 14.0. The summed E-state index contributed by atoms with van der Waals surface area (Å²) in [6.07, 6.45) is 3.48. The van der Waals surface area contributed by atoms with Crippen molar-refractivity contribution in [1.82, 2.24) is 9.80 Å². The first kappa shape index (κ1) is 17.3. The van der Waals surface area contributed by atoms with Crippen LogP contribution in [0.5, 0.6) is 5.75 Å². The van der Waals surface area contributed by atoms with Gasteiger partial charge in [0.15, 0.2) is 0 Å². The van der Waals surface area contributed by atoms with E-state index in [4.69, 9.17) is 0 Å². The lowest BCUT2D eigenvalue weighted by Gasteiger charge is -2.35. The van der Waals surface area contributed by atoms with E-state index in [1.165, 1.54) is 25.8 Å². The second-order valence-electron chi connectivity index (χ2n) is 6.23. The topological polar surface area (TPSA) is 72.9 Å². The number of anilines is 1. The Morgan fingerprint density at radius 2 is 2.13 bits per heavy atom. The van der Waals surface area contributed by atoms with Crippen LogP contribution in [0.3, 0.4) is 0 Å². The fourth-order valence-corrected chi connectivity index (χ4v) is 2.97. The van der Waals surface area contributed by atoms with Gasteiger partial charge in [0.2, 0.25) is 5.91 Å². The van der Waals surface area contributed by atoms with Crippen LogP contribution in [0.25, 0.3) is 0 Å². The number of piperidine rings is 1. The summed E-state index contributed by atoms with van der Waals surface area (Å²) in [5.41, 5.74) is 0.723. The molecule has 0 radical (unpaired) electrons. The van der Waals surface area contributed by atoms with E-state index in [0.717, 1.165) is 13.0 Å². The van der Waals surface area contributed by atoms with Crippen LogP contribution < -0.4 is 5.32 Å². The highest BCUT2D eigenvalue weighted by atomic mass is 16.3. The normalized spacial score (nSPS) is 18.5. The van der Waals surface area contributed by atoms with Crippen molar-refractivity contribution in [2.45, 2.75) is 32.2 Å². The van der Waals surface area contributed by atoms with Gasteiger partial charge in [-0.05, 0) is 38.6 Å². The summed E-state index contributed by atoms with van der Waals surface area (Å²) < 4.78 is 0. The Labute approximate surface area is 137 Å². The first-order valence-corrected chi connectivity index (χ1v) is 7.95. The lowest BCUT2D eigenvalue weighted by molar-refractivity contribution is -0.114. The highest BCUT2D eigenvalue weighted by Crippen LogP contribution is 2.24. The summed E-state index contributed by atoms with van der Waals surface area (Å²) >= 11 is 0. The molecule has 1 saturated heterocycles. The molecular formula is C17H25N3O3. The summed E-state index contributed by atoms with van der Waals surface area (Å²) in [5, 5.41) is 12.7. The van der Waals surface area contributed by atoms with Gasteiger partial charge in [-0.3, -0.25) is 9.59 Å². The third kappa shape index (κ3) is 4.45. The molecule has 0 aliphatic carbocycles. The molecule has 2 N–H and O–H groups in total. The number of hydrogen-bond donors (Lipinski definition) is 2. The van der Waals surface area contributed by atoms with Gasteiger partial charge < -0.3 is 20.2 Å². The molecule has 2 rings (SSSR count). The minimum absolute atomic E-state index is 0.120. The van der Waals surface area contributed by atoms with E-state index in [0.29, 0.717) is 18.3 Å². The maximum atomic E-state index is 12.5. The summed E-state index contributed by atoms with van der Waals surface area (Å²) in [6.45, 7) is 3.09. The summed E-state index contributed by atoms with van der Waals surface area (Å²) in [7, 11) is 3.84. The predicted octanol–water partition coefficient (Wildman–Crippen LogP) is 1.91. The molecule has 0 saturated carbocycles. The number of carbonyl (C=O) groups is 2. The Morgan fingerprint density at radius 1 is 1.39 bits per heavy atom. The molecule has 0 unspecified atom stereocenters. The van der Waals surface area contributed by atoms with Crippen LogP contribution in [0.2, 0.25) is 0 Å². The van der Waals surface area contributed by atoms with E-state index in [9.17, 15) is 14.7 Å². The Kier molecular flexibility index (Phi) is 5.60. The molecule has 1 heterocycles. The first-order chi connectivity index (χ1) is 10.9. The Hall–Kier alpha value is -2.08. The van der Waals surface area contributed by atoms with Gasteiger partial charge >= 0.3 is 0 Å². The third-order valence-electron chi connectivity index (χ3n) is 4.30. The zero-order chi connectivity index (χ0) is 17.0. The molecule has 6 heteroatoms. The number of benzene rings is 1. The molecule has 126 valence electrons.